The SMILES string of the molecule is CC1CN(c2nccs2)CCN1.Cl. The van der Waals surface area contributed by atoms with E-state index in [0.717, 1.165) is 24.8 Å². The van der Waals surface area contributed by atoms with Crippen LogP contribution in [0.2, 0.25) is 0 Å². The molecule has 1 aromatic rings. The molecule has 2 rings (SSSR count). The first-order valence-corrected chi connectivity index (χ1v) is 5.12. The zero-order valence-electron chi connectivity index (χ0n) is 7.56. The Kier molecular flexibility index (Phi) is 3.96. The molecule has 0 aliphatic carbocycles. The van der Waals surface area contributed by atoms with Gasteiger partial charge < -0.3 is 10.2 Å². The molecule has 13 heavy (non-hydrogen) atoms. The lowest BCUT2D eigenvalue weighted by molar-refractivity contribution is 0.484. The Hall–Kier alpha value is -0.320. The van der Waals surface area contributed by atoms with Gasteiger partial charge in [-0.05, 0) is 6.92 Å². The summed E-state index contributed by atoms with van der Waals surface area (Å²) in [5.41, 5.74) is 0. The van der Waals surface area contributed by atoms with Crippen molar-refractivity contribution in [1.29, 1.82) is 0 Å². The standard InChI is InChI=1S/C8H13N3S.ClH/c1-7-6-11(4-2-9-7)8-10-3-5-12-8;/h3,5,7,9H,2,4,6H2,1H3;1H. The second-order valence-corrected chi connectivity index (χ2v) is 3.99. The molecule has 1 atom stereocenters. The number of piperazine rings is 1. The predicted octanol–water partition coefficient (Wildman–Crippen LogP) is 1.36. The van der Waals surface area contributed by atoms with Crippen LogP contribution in [0.4, 0.5) is 5.13 Å². The molecular weight excluding hydrogens is 206 g/mol. The largest absolute Gasteiger partial charge is 0.345 e. The van der Waals surface area contributed by atoms with Gasteiger partial charge in [-0.15, -0.1) is 23.7 Å². The highest BCUT2D eigenvalue weighted by atomic mass is 35.5. The maximum atomic E-state index is 4.29. The second-order valence-electron chi connectivity index (χ2n) is 3.12. The number of rotatable bonds is 1. The van der Waals surface area contributed by atoms with Gasteiger partial charge in [0.1, 0.15) is 0 Å². The average Bonchev–Trinajstić information content (AvgIpc) is 2.56. The summed E-state index contributed by atoms with van der Waals surface area (Å²) in [6, 6.07) is 0.586. The average molecular weight is 220 g/mol. The van der Waals surface area contributed by atoms with Crippen LogP contribution in [0.1, 0.15) is 6.92 Å². The summed E-state index contributed by atoms with van der Waals surface area (Å²) in [7, 11) is 0. The van der Waals surface area contributed by atoms with E-state index in [1.807, 2.05) is 11.6 Å². The summed E-state index contributed by atoms with van der Waals surface area (Å²) in [5, 5.41) is 6.59. The Morgan fingerprint density at radius 1 is 1.69 bits per heavy atom. The van der Waals surface area contributed by atoms with E-state index in [-0.39, 0.29) is 12.4 Å². The molecule has 0 radical (unpaired) electrons. The molecule has 5 heteroatoms. The molecule has 0 spiro atoms. The number of nitrogens with zero attached hydrogens (tertiary/aromatic N) is 2. The maximum Gasteiger partial charge on any atom is 0.185 e. The van der Waals surface area contributed by atoms with Crippen molar-refractivity contribution < 1.29 is 0 Å². The van der Waals surface area contributed by atoms with Gasteiger partial charge >= 0.3 is 0 Å². The highest BCUT2D eigenvalue weighted by Crippen LogP contribution is 2.18. The van der Waals surface area contributed by atoms with Crippen molar-refractivity contribution in [2.45, 2.75) is 13.0 Å². The highest BCUT2D eigenvalue weighted by molar-refractivity contribution is 7.13. The fraction of sp³-hybridized carbons (Fsp3) is 0.625. The summed E-state index contributed by atoms with van der Waals surface area (Å²) in [4.78, 5) is 6.63. The molecule has 3 nitrogen and oxygen atoms in total. The van der Waals surface area contributed by atoms with Crippen LogP contribution >= 0.6 is 23.7 Å². The second kappa shape index (κ2) is 4.79. The Morgan fingerprint density at radius 3 is 3.15 bits per heavy atom. The first-order chi connectivity index (χ1) is 5.86. The van der Waals surface area contributed by atoms with Gasteiger partial charge in [0.25, 0.3) is 0 Å². The van der Waals surface area contributed by atoms with Crippen LogP contribution in [0.25, 0.3) is 0 Å². The van der Waals surface area contributed by atoms with Gasteiger partial charge in [0.05, 0.1) is 0 Å². The van der Waals surface area contributed by atoms with Gasteiger partial charge in [-0.1, -0.05) is 0 Å². The van der Waals surface area contributed by atoms with E-state index in [1.165, 1.54) is 0 Å². The molecule has 1 aromatic heterocycles. The Morgan fingerprint density at radius 2 is 2.54 bits per heavy atom. The van der Waals surface area contributed by atoms with Gasteiger partial charge in [0.2, 0.25) is 0 Å². The number of halogens is 1. The third-order valence-corrected chi connectivity index (χ3v) is 2.89. The zero-order chi connectivity index (χ0) is 8.39. The lowest BCUT2D eigenvalue weighted by Crippen LogP contribution is -2.49. The van der Waals surface area contributed by atoms with Crippen molar-refractivity contribution in [3.8, 4) is 0 Å². The van der Waals surface area contributed by atoms with E-state index in [1.54, 1.807) is 11.3 Å². The number of nitrogens with one attached hydrogen (secondary N) is 1. The molecule has 1 unspecified atom stereocenters. The Bertz CT molecular complexity index is 240. The number of hydrogen-bond acceptors (Lipinski definition) is 4. The molecule has 0 amide bonds. The van der Waals surface area contributed by atoms with Crippen molar-refractivity contribution in [2.75, 3.05) is 24.5 Å². The van der Waals surface area contributed by atoms with Crippen molar-refractivity contribution in [3.05, 3.63) is 11.6 Å². The van der Waals surface area contributed by atoms with E-state index in [2.05, 4.69) is 22.1 Å². The first-order valence-electron chi connectivity index (χ1n) is 4.24. The number of thiazole rings is 1. The highest BCUT2D eigenvalue weighted by Gasteiger charge is 2.16. The third kappa shape index (κ3) is 2.56. The smallest absolute Gasteiger partial charge is 0.185 e. The molecule has 1 N–H and O–H groups in total. The molecule has 0 aromatic carbocycles. The van der Waals surface area contributed by atoms with Gasteiger partial charge in [-0.2, -0.15) is 0 Å². The fourth-order valence-corrected chi connectivity index (χ4v) is 2.16. The lowest BCUT2D eigenvalue weighted by atomic mass is 10.2. The van der Waals surface area contributed by atoms with Crippen LogP contribution in [-0.2, 0) is 0 Å². The Balaban J connectivity index is 0.000000845. The summed E-state index contributed by atoms with van der Waals surface area (Å²) in [6.45, 7) is 5.44. The lowest BCUT2D eigenvalue weighted by Gasteiger charge is -2.31. The molecule has 1 saturated heterocycles. The molecule has 0 bridgehead atoms. The predicted molar refractivity (Wildman–Crippen MR) is 59.0 cm³/mol. The number of aromatic nitrogens is 1. The summed E-state index contributed by atoms with van der Waals surface area (Å²) < 4.78 is 0. The zero-order valence-corrected chi connectivity index (χ0v) is 9.20. The van der Waals surface area contributed by atoms with Gasteiger partial charge in [0, 0.05) is 37.3 Å². The van der Waals surface area contributed by atoms with E-state index in [9.17, 15) is 0 Å². The summed E-state index contributed by atoms with van der Waals surface area (Å²) in [5.74, 6) is 0. The van der Waals surface area contributed by atoms with Gasteiger partial charge in [0.15, 0.2) is 5.13 Å². The van der Waals surface area contributed by atoms with Gasteiger partial charge in [-0.3, -0.25) is 0 Å². The van der Waals surface area contributed by atoms with Crippen LogP contribution in [0.3, 0.4) is 0 Å². The third-order valence-electron chi connectivity index (χ3n) is 2.06. The van der Waals surface area contributed by atoms with Crippen molar-refractivity contribution in [2.24, 2.45) is 0 Å². The molecule has 2 heterocycles. The molecule has 1 fully saturated rings. The van der Waals surface area contributed by atoms with Crippen LogP contribution in [0, 0.1) is 0 Å². The van der Waals surface area contributed by atoms with E-state index in [4.69, 9.17) is 0 Å². The number of anilines is 1. The van der Waals surface area contributed by atoms with Crippen molar-refractivity contribution >= 4 is 28.9 Å². The molecule has 74 valence electrons. The quantitative estimate of drug-likeness (QED) is 0.773. The first kappa shape index (κ1) is 10.8. The van der Waals surface area contributed by atoms with E-state index >= 15 is 0 Å². The normalized spacial score (nSPS) is 22.5. The Labute approximate surface area is 88.6 Å². The van der Waals surface area contributed by atoms with Crippen LogP contribution in [0.5, 0.6) is 0 Å². The molecular formula is C8H14ClN3S. The van der Waals surface area contributed by atoms with Crippen LogP contribution in [-0.4, -0.2) is 30.7 Å². The minimum atomic E-state index is 0. The van der Waals surface area contributed by atoms with Crippen molar-refractivity contribution in [3.63, 3.8) is 0 Å². The molecule has 0 saturated carbocycles. The van der Waals surface area contributed by atoms with Crippen LogP contribution in [0.15, 0.2) is 11.6 Å². The summed E-state index contributed by atoms with van der Waals surface area (Å²) >= 11 is 1.72. The van der Waals surface area contributed by atoms with E-state index in [0.29, 0.717) is 6.04 Å². The summed E-state index contributed by atoms with van der Waals surface area (Å²) in [6.07, 6.45) is 1.87. The minimum absolute atomic E-state index is 0. The fourth-order valence-electron chi connectivity index (χ4n) is 1.48. The van der Waals surface area contributed by atoms with Crippen LogP contribution < -0.4 is 10.2 Å². The minimum Gasteiger partial charge on any atom is -0.345 e. The molecule has 1 aliphatic heterocycles. The number of hydrogen-bond donors (Lipinski definition) is 1. The monoisotopic (exact) mass is 219 g/mol. The van der Waals surface area contributed by atoms with Gasteiger partial charge in [-0.25, -0.2) is 4.98 Å². The van der Waals surface area contributed by atoms with Crippen molar-refractivity contribution in [1.82, 2.24) is 10.3 Å². The van der Waals surface area contributed by atoms with E-state index < -0.39 is 0 Å². The molecule has 1 aliphatic rings. The maximum absolute atomic E-state index is 4.29. The topological polar surface area (TPSA) is 28.2 Å².